The minimum absolute atomic E-state index is 1.03. The Labute approximate surface area is 186 Å². The monoisotopic (exact) mass is 402 g/mol. The van der Waals surface area contributed by atoms with Crippen molar-refractivity contribution in [3.8, 4) is 33.4 Å². The zero-order chi connectivity index (χ0) is 21.9. The summed E-state index contributed by atoms with van der Waals surface area (Å²) in [5.74, 6) is 0. The first kappa shape index (κ1) is 19.8. The van der Waals surface area contributed by atoms with Crippen LogP contribution in [0.2, 0.25) is 0 Å². The van der Waals surface area contributed by atoms with Gasteiger partial charge in [0.1, 0.15) is 0 Å². The molecular weight excluding hydrogens is 372 g/mol. The fourth-order valence-corrected chi connectivity index (χ4v) is 5.75. The highest BCUT2D eigenvalue weighted by Gasteiger charge is 2.21. The number of rotatable bonds is 2. The van der Waals surface area contributed by atoms with Crippen molar-refractivity contribution in [2.24, 2.45) is 0 Å². The van der Waals surface area contributed by atoms with Crippen LogP contribution >= 0.6 is 0 Å². The van der Waals surface area contributed by atoms with Crippen molar-refractivity contribution in [2.75, 3.05) is 0 Å². The summed E-state index contributed by atoms with van der Waals surface area (Å²) in [6.07, 6.45) is 1.03. The van der Waals surface area contributed by atoms with Gasteiger partial charge in [-0.1, -0.05) is 59.7 Å². The molecule has 0 spiro atoms. The predicted octanol–water partition coefficient (Wildman–Crippen LogP) is 8.44. The molecule has 1 aliphatic carbocycles. The molecule has 0 unspecified atom stereocenters. The molecule has 0 saturated carbocycles. The quantitative estimate of drug-likeness (QED) is 0.278. The standard InChI is InChI=1S/C31H30/c1-18-11-20(3)30(21(4)12-18)26-9-7-24-15-25-8-10-27(17-29(25)28(24)16-26)31-22(5)13-19(2)14-23(31)6/h7-14,16-17H,15H2,1-6H3. The van der Waals surface area contributed by atoms with Gasteiger partial charge < -0.3 is 0 Å². The van der Waals surface area contributed by atoms with Crippen molar-refractivity contribution >= 4 is 0 Å². The van der Waals surface area contributed by atoms with E-state index in [-0.39, 0.29) is 0 Å². The van der Waals surface area contributed by atoms with Crippen LogP contribution in [-0.2, 0) is 6.42 Å². The Morgan fingerprint density at radius 3 is 1.16 bits per heavy atom. The summed E-state index contributed by atoms with van der Waals surface area (Å²) in [6, 6.07) is 23.3. The molecule has 0 radical (unpaired) electrons. The molecule has 0 nitrogen and oxygen atoms in total. The third kappa shape index (κ3) is 3.31. The van der Waals surface area contributed by atoms with Crippen molar-refractivity contribution in [1.29, 1.82) is 0 Å². The molecule has 0 aromatic heterocycles. The smallest absolute Gasteiger partial charge is 0.00134 e. The molecular formula is C31H30. The van der Waals surface area contributed by atoms with E-state index in [2.05, 4.69) is 102 Å². The third-order valence-corrected chi connectivity index (χ3v) is 6.82. The van der Waals surface area contributed by atoms with Crippen LogP contribution in [0.15, 0.2) is 60.7 Å². The lowest BCUT2D eigenvalue weighted by Gasteiger charge is -2.15. The Balaban J connectivity index is 1.66. The summed E-state index contributed by atoms with van der Waals surface area (Å²) in [4.78, 5) is 0. The average molecular weight is 403 g/mol. The minimum Gasteiger partial charge on any atom is -0.0575 e. The maximum absolute atomic E-state index is 2.42. The highest BCUT2D eigenvalue weighted by Crippen LogP contribution is 2.42. The van der Waals surface area contributed by atoms with E-state index in [1.807, 2.05) is 0 Å². The highest BCUT2D eigenvalue weighted by molar-refractivity contribution is 5.86. The largest absolute Gasteiger partial charge is 0.0575 e. The van der Waals surface area contributed by atoms with Gasteiger partial charge in [0.25, 0.3) is 0 Å². The lowest BCUT2D eigenvalue weighted by molar-refractivity contribution is 1.26. The SMILES string of the molecule is Cc1cc(C)c(-c2ccc3c(c2)-c2cc(-c4c(C)cc(C)cc4C)ccc2C3)c(C)c1. The summed E-state index contributed by atoms with van der Waals surface area (Å²) in [5.41, 5.74) is 19.2. The van der Waals surface area contributed by atoms with Crippen LogP contribution in [0.3, 0.4) is 0 Å². The number of hydrogen-bond donors (Lipinski definition) is 0. The second-order valence-corrected chi connectivity index (χ2v) is 9.47. The molecule has 0 heterocycles. The van der Waals surface area contributed by atoms with Crippen molar-refractivity contribution in [3.63, 3.8) is 0 Å². The maximum atomic E-state index is 2.42. The highest BCUT2D eigenvalue weighted by atomic mass is 14.2. The van der Waals surface area contributed by atoms with Gasteiger partial charge in [0, 0.05) is 0 Å². The molecule has 31 heavy (non-hydrogen) atoms. The fourth-order valence-electron chi connectivity index (χ4n) is 5.75. The number of benzene rings is 4. The van der Waals surface area contributed by atoms with E-state index in [4.69, 9.17) is 0 Å². The predicted molar refractivity (Wildman–Crippen MR) is 134 cm³/mol. The summed E-state index contributed by atoms with van der Waals surface area (Å²) in [5, 5.41) is 0. The molecule has 154 valence electrons. The van der Waals surface area contributed by atoms with Gasteiger partial charge in [-0.25, -0.2) is 0 Å². The minimum atomic E-state index is 1.03. The zero-order valence-corrected chi connectivity index (χ0v) is 19.5. The molecule has 0 aliphatic heterocycles. The topological polar surface area (TPSA) is 0 Å². The van der Waals surface area contributed by atoms with E-state index in [0.29, 0.717) is 0 Å². The summed E-state index contributed by atoms with van der Waals surface area (Å²) in [7, 11) is 0. The van der Waals surface area contributed by atoms with E-state index in [1.165, 1.54) is 77.9 Å². The zero-order valence-electron chi connectivity index (χ0n) is 19.5. The Morgan fingerprint density at radius 1 is 0.452 bits per heavy atom. The van der Waals surface area contributed by atoms with Gasteiger partial charge >= 0.3 is 0 Å². The molecule has 0 heteroatoms. The van der Waals surface area contributed by atoms with Gasteiger partial charge in [-0.2, -0.15) is 0 Å². The first-order chi connectivity index (χ1) is 14.8. The molecule has 0 atom stereocenters. The van der Waals surface area contributed by atoms with Crippen molar-refractivity contribution < 1.29 is 0 Å². The van der Waals surface area contributed by atoms with Crippen molar-refractivity contribution in [3.05, 3.63) is 105 Å². The number of hydrogen-bond acceptors (Lipinski definition) is 0. The first-order valence-electron chi connectivity index (χ1n) is 11.2. The van der Waals surface area contributed by atoms with Crippen LogP contribution in [0.1, 0.15) is 44.5 Å². The molecule has 0 saturated heterocycles. The van der Waals surface area contributed by atoms with Crippen LogP contribution in [0.5, 0.6) is 0 Å². The van der Waals surface area contributed by atoms with Crippen LogP contribution in [0.4, 0.5) is 0 Å². The van der Waals surface area contributed by atoms with E-state index in [9.17, 15) is 0 Å². The van der Waals surface area contributed by atoms with Gasteiger partial charge in [0.15, 0.2) is 0 Å². The van der Waals surface area contributed by atoms with Gasteiger partial charge in [0.2, 0.25) is 0 Å². The third-order valence-electron chi connectivity index (χ3n) is 6.82. The lowest BCUT2D eigenvalue weighted by atomic mass is 9.90. The molecule has 0 bridgehead atoms. The molecule has 1 aliphatic rings. The van der Waals surface area contributed by atoms with Gasteiger partial charge in [-0.05, 0) is 127 Å². The van der Waals surface area contributed by atoms with Crippen LogP contribution in [-0.4, -0.2) is 0 Å². The second-order valence-electron chi connectivity index (χ2n) is 9.47. The van der Waals surface area contributed by atoms with Crippen molar-refractivity contribution in [2.45, 2.75) is 48.0 Å². The second kappa shape index (κ2) is 7.24. The van der Waals surface area contributed by atoms with Crippen LogP contribution in [0, 0.1) is 41.5 Å². The number of fused-ring (bicyclic) bond motifs is 3. The van der Waals surface area contributed by atoms with E-state index < -0.39 is 0 Å². The average Bonchev–Trinajstić information content (AvgIpc) is 3.04. The Bertz CT molecular complexity index is 1200. The maximum Gasteiger partial charge on any atom is -0.00134 e. The van der Waals surface area contributed by atoms with E-state index >= 15 is 0 Å². The Hall–Kier alpha value is -3.12. The summed E-state index contributed by atoms with van der Waals surface area (Å²) >= 11 is 0. The van der Waals surface area contributed by atoms with E-state index in [1.54, 1.807) is 0 Å². The molecule has 0 amide bonds. The van der Waals surface area contributed by atoms with Gasteiger partial charge in [0.05, 0.1) is 0 Å². The lowest BCUT2D eigenvalue weighted by Crippen LogP contribution is -1.92. The Morgan fingerprint density at radius 2 is 0.806 bits per heavy atom. The van der Waals surface area contributed by atoms with Gasteiger partial charge in [-0.15, -0.1) is 0 Å². The van der Waals surface area contributed by atoms with E-state index in [0.717, 1.165) is 6.42 Å². The summed E-state index contributed by atoms with van der Waals surface area (Å²) < 4.78 is 0. The molecule has 5 rings (SSSR count). The van der Waals surface area contributed by atoms with Crippen molar-refractivity contribution in [1.82, 2.24) is 0 Å². The fraction of sp³-hybridized carbons (Fsp3) is 0.226. The Kier molecular flexibility index (Phi) is 4.63. The molecule has 0 N–H and O–H groups in total. The number of aryl methyl sites for hydroxylation is 6. The molecule has 0 fully saturated rings. The first-order valence-corrected chi connectivity index (χ1v) is 11.2. The normalized spacial score (nSPS) is 12.1. The van der Waals surface area contributed by atoms with Gasteiger partial charge in [-0.3, -0.25) is 0 Å². The van der Waals surface area contributed by atoms with Crippen LogP contribution < -0.4 is 0 Å². The molecule has 4 aromatic carbocycles. The molecule has 4 aromatic rings. The van der Waals surface area contributed by atoms with Crippen LogP contribution in [0.25, 0.3) is 33.4 Å². The summed E-state index contributed by atoms with van der Waals surface area (Å²) in [6.45, 7) is 13.3.